The van der Waals surface area contributed by atoms with E-state index >= 15 is 0 Å². The summed E-state index contributed by atoms with van der Waals surface area (Å²) in [6, 6.07) is 7.63. The van der Waals surface area contributed by atoms with Crippen LogP contribution in [0.25, 0.3) is 5.69 Å². The molecule has 0 aliphatic rings. The van der Waals surface area contributed by atoms with E-state index in [-0.39, 0.29) is 29.5 Å². The van der Waals surface area contributed by atoms with E-state index in [1.165, 1.54) is 23.0 Å². The predicted octanol–water partition coefficient (Wildman–Crippen LogP) is 1.92. The molecule has 2 unspecified atom stereocenters. The predicted molar refractivity (Wildman–Crippen MR) is 88.0 cm³/mol. The third-order valence-electron chi connectivity index (χ3n) is 3.92. The average molecular weight is 332 g/mol. The Hall–Kier alpha value is -2.74. The maximum Gasteiger partial charge on any atom is 0.294 e. The Morgan fingerprint density at radius 2 is 2.12 bits per heavy atom. The first-order valence-electron chi connectivity index (χ1n) is 7.69. The van der Waals surface area contributed by atoms with Gasteiger partial charge in [0.1, 0.15) is 5.69 Å². The number of benzene rings is 1. The van der Waals surface area contributed by atoms with Crippen LogP contribution in [-0.4, -0.2) is 38.4 Å². The summed E-state index contributed by atoms with van der Waals surface area (Å²) in [6.07, 6.45) is 1.67. The molecule has 8 nitrogen and oxygen atoms in total. The molecule has 0 saturated carbocycles. The smallest absolute Gasteiger partial charge is 0.294 e. The molecule has 2 N–H and O–H groups in total. The molecular formula is C16H20N4O4. The molecule has 0 saturated heterocycles. The fraction of sp³-hybridized carbons (Fsp3) is 0.375. The molecular weight excluding hydrogens is 312 g/mol. The van der Waals surface area contributed by atoms with Gasteiger partial charge in [-0.3, -0.25) is 14.9 Å². The number of carbonyl (C=O) groups excluding carboxylic acids is 1. The van der Waals surface area contributed by atoms with Crippen LogP contribution in [0.15, 0.2) is 36.5 Å². The van der Waals surface area contributed by atoms with E-state index in [0.717, 1.165) is 6.42 Å². The van der Waals surface area contributed by atoms with Crippen LogP contribution < -0.4 is 5.32 Å². The molecule has 2 atom stereocenters. The highest BCUT2D eigenvalue weighted by atomic mass is 16.6. The number of aliphatic hydroxyl groups excluding tert-OH is 1. The van der Waals surface area contributed by atoms with Gasteiger partial charge in [-0.2, -0.15) is 5.10 Å². The lowest BCUT2D eigenvalue weighted by Crippen LogP contribution is -2.35. The molecule has 0 radical (unpaired) electrons. The lowest BCUT2D eigenvalue weighted by molar-refractivity contribution is -0.384. The van der Waals surface area contributed by atoms with Gasteiger partial charge >= 0.3 is 0 Å². The molecule has 0 fully saturated rings. The number of aliphatic hydroxyl groups is 1. The molecule has 1 heterocycles. The number of aromatic nitrogens is 2. The van der Waals surface area contributed by atoms with Crippen molar-refractivity contribution in [1.29, 1.82) is 0 Å². The Morgan fingerprint density at radius 3 is 2.79 bits per heavy atom. The maximum atomic E-state index is 12.1. The molecule has 1 amide bonds. The normalized spacial score (nSPS) is 13.3. The number of carbonyl (C=O) groups is 1. The Balaban J connectivity index is 2.11. The largest absolute Gasteiger partial charge is 0.391 e. The van der Waals surface area contributed by atoms with E-state index in [1.54, 1.807) is 18.2 Å². The Bertz CT molecular complexity index is 728. The number of hydrogen-bond donors (Lipinski definition) is 2. The van der Waals surface area contributed by atoms with Gasteiger partial charge in [-0.15, -0.1) is 0 Å². The molecule has 2 aromatic rings. The summed E-state index contributed by atoms with van der Waals surface area (Å²) in [5, 5.41) is 27.6. The van der Waals surface area contributed by atoms with Crippen molar-refractivity contribution in [3.05, 3.63) is 52.3 Å². The van der Waals surface area contributed by atoms with Crippen LogP contribution >= 0.6 is 0 Å². The van der Waals surface area contributed by atoms with E-state index < -0.39 is 16.9 Å². The molecule has 1 aromatic carbocycles. The quantitative estimate of drug-likeness (QED) is 0.594. The highest BCUT2D eigenvalue weighted by Gasteiger charge is 2.18. The van der Waals surface area contributed by atoms with E-state index in [2.05, 4.69) is 10.4 Å². The summed E-state index contributed by atoms with van der Waals surface area (Å²) < 4.78 is 1.29. The standard InChI is InChI=1S/C16H20N4O4/c1-3-11(2)15(21)10-17-16(22)12-8-9-19(18-12)13-6-4-5-7-14(13)20(23)24/h4-9,11,15,21H,3,10H2,1-2H3,(H,17,22). The Labute approximate surface area is 139 Å². The van der Waals surface area contributed by atoms with Crippen LogP contribution in [0.2, 0.25) is 0 Å². The zero-order valence-electron chi connectivity index (χ0n) is 13.5. The van der Waals surface area contributed by atoms with Gasteiger partial charge in [0.2, 0.25) is 0 Å². The number of nitrogens with one attached hydrogen (secondary N) is 1. The van der Waals surface area contributed by atoms with Crippen molar-refractivity contribution in [3.63, 3.8) is 0 Å². The summed E-state index contributed by atoms with van der Waals surface area (Å²) in [5.41, 5.74) is 0.311. The van der Waals surface area contributed by atoms with Gasteiger partial charge in [-0.1, -0.05) is 32.4 Å². The van der Waals surface area contributed by atoms with E-state index in [9.17, 15) is 20.0 Å². The highest BCUT2D eigenvalue weighted by molar-refractivity contribution is 5.92. The van der Waals surface area contributed by atoms with Crippen LogP contribution in [0.5, 0.6) is 0 Å². The number of nitrogens with zero attached hydrogens (tertiary/aromatic N) is 3. The Morgan fingerprint density at radius 1 is 1.42 bits per heavy atom. The third-order valence-corrected chi connectivity index (χ3v) is 3.92. The van der Waals surface area contributed by atoms with E-state index in [1.807, 2.05) is 13.8 Å². The summed E-state index contributed by atoms with van der Waals surface area (Å²) in [7, 11) is 0. The fourth-order valence-electron chi connectivity index (χ4n) is 2.15. The molecule has 24 heavy (non-hydrogen) atoms. The fourth-order valence-corrected chi connectivity index (χ4v) is 2.15. The van der Waals surface area contributed by atoms with Crippen LogP contribution in [0.1, 0.15) is 30.8 Å². The topological polar surface area (TPSA) is 110 Å². The molecule has 1 aromatic heterocycles. The number of rotatable bonds is 7. The van der Waals surface area contributed by atoms with Gasteiger partial charge < -0.3 is 10.4 Å². The molecule has 0 aliphatic carbocycles. The van der Waals surface area contributed by atoms with Crippen molar-refractivity contribution in [3.8, 4) is 5.69 Å². The van der Waals surface area contributed by atoms with Gasteiger partial charge in [0, 0.05) is 18.8 Å². The summed E-state index contributed by atoms with van der Waals surface area (Å²) >= 11 is 0. The van der Waals surface area contributed by atoms with Crippen LogP contribution in [0, 0.1) is 16.0 Å². The van der Waals surface area contributed by atoms with Crippen molar-refractivity contribution in [2.24, 2.45) is 5.92 Å². The molecule has 2 rings (SSSR count). The first-order chi connectivity index (χ1) is 11.4. The number of amides is 1. The SMILES string of the molecule is CCC(C)C(O)CNC(=O)c1ccn(-c2ccccc2[N+](=O)[O-])n1. The number of nitro groups is 1. The summed E-state index contributed by atoms with van der Waals surface area (Å²) in [4.78, 5) is 22.7. The second-order valence-corrected chi connectivity index (χ2v) is 5.55. The second kappa shape index (κ2) is 7.69. The number of para-hydroxylation sites is 2. The number of hydrogen-bond acceptors (Lipinski definition) is 5. The average Bonchev–Trinajstić information content (AvgIpc) is 3.08. The minimum atomic E-state index is -0.628. The van der Waals surface area contributed by atoms with Gasteiger partial charge in [0.15, 0.2) is 5.69 Å². The van der Waals surface area contributed by atoms with Gasteiger partial charge in [-0.05, 0) is 18.1 Å². The van der Waals surface area contributed by atoms with Crippen LogP contribution in [-0.2, 0) is 0 Å². The number of nitro benzene ring substituents is 1. The molecule has 0 spiro atoms. The maximum absolute atomic E-state index is 12.1. The zero-order valence-corrected chi connectivity index (χ0v) is 13.5. The minimum absolute atomic E-state index is 0.0785. The minimum Gasteiger partial charge on any atom is -0.391 e. The molecule has 0 bridgehead atoms. The van der Waals surface area contributed by atoms with Gasteiger partial charge in [-0.25, -0.2) is 4.68 Å². The summed E-state index contributed by atoms with van der Waals surface area (Å²) in [5.74, 6) is -0.357. The second-order valence-electron chi connectivity index (χ2n) is 5.55. The van der Waals surface area contributed by atoms with Crippen LogP contribution in [0.4, 0.5) is 5.69 Å². The van der Waals surface area contributed by atoms with Crippen LogP contribution in [0.3, 0.4) is 0 Å². The Kier molecular flexibility index (Phi) is 5.64. The lowest BCUT2D eigenvalue weighted by Gasteiger charge is -2.17. The lowest BCUT2D eigenvalue weighted by atomic mass is 10.0. The summed E-state index contributed by atoms with van der Waals surface area (Å²) in [6.45, 7) is 4.00. The third kappa shape index (κ3) is 3.96. The van der Waals surface area contributed by atoms with Crippen molar-refractivity contribution >= 4 is 11.6 Å². The van der Waals surface area contributed by atoms with Crippen molar-refractivity contribution in [1.82, 2.24) is 15.1 Å². The highest BCUT2D eigenvalue weighted by Crippen LogP contribution is 2.21. The van der Waals surface area contributed by atoms with Crippen molar-refractivity contribution in [2.75, 3.05) is 6.54 Å². The zero-order chi connectivity index (χ0) is 17.7. The van der Waals surface area contributed by atoms with Gasteiger partial charge in [0.25, 0.3) is 11.6 Å². The molecule has 128 valence electrons. The molecule has 0 aliphatic heterocycles. The van der Waals surface area contributed by atoms with Crippen molar-refractivity contribution in [2.45, 2.75) is 26.4 Å². The first-order valence-corrected chi connectivity index (χ1v) is 7.69. The monoisotopic (exact) mass is 332 g/mol. The van der Waals surface area contributed by atoms with Gasteiger partial charge in [0.05, 0.1) is 11.0 Å². The van der Waals surface area contributed by atoms with E-state index in [0.29, 0.717) is 0 Å². The molecule has 8 heteroatoms. The van der Waals surface area contributed by atoms with Crippen molar-refractivity contribution < 1.29 is 14.8 Å². The first kappa shape index (κ1) is 17.6. The van der Waals surface area contributed by atoms with E-state index in [4.69, 9.17) is 0 Å².